The van der Waals surface area contributed by atoms with Crippen LogP contribution in [0.4, 0.5) is 0 Å². The lowest BCUT2D eigenvalue weighted by Crippen LogP contribution is -2.08. The van der Waals surface area contributed by atoms with Gasteiger partial charge in [0, 0.05) is 28.7 Å². The van der Waals surface area contributed by atoms with E-state index in [0.717, 1.165) is 11.8 Å². The molecule has 2 aromatic carbocycles. The second-order valence-corrected chi connectivity index (χ2v) is 8.70. The van der Waals surface area contributed by atoms with E-state index in [1.54, 1.807) is 37.3 Å². The minimum Gasteiger partial charge on any atom is -0.462 e. The number of H-pyrrole nitrogens is 2. The highest BCUT2D eigenvalue weighted by Gasteiger charge is 2.18. The summed E-state index contributed by atoms with van der Waals surface area (Å²) in [6.45, 7) is 1.93. The molecule has 8 heteroatoms. The Labute approximate surface area is 166 Å². The van der Waals surface area contributed by atoms with Crippen molar-refractivity contribution in [3.8, 4) is 11.1 Å². The molecule has 2 aromatic heterocycles. The number of aromatic amines is 2. The molecule has 7 nitrogen and oxygen atoms in total. The first-order valence-electron chi connectivity index (χ1n) is 8.94. The van der Waals surface area contributed by atoms with E-state index in [9.17, 15) is 18.0 Å². The zero-order valence-electron chi connectivity index (χ0n) is 15.8. The van der Waals surface area contributed by atoms with Gasteiger partial charge in [0.05, 0.1) is 17.1 Å². The fraction of sp³-hybridized carbons (Fsp3) is 0.143. The van der Waals surface area contributed by atoms with Crippen molar-refractivity contribution in [2.24, 2.45) is 0 Å². The number of esters is 1. The summed E-state index contributed by atoms with van der Waals surface area (Å²) in [4.78, 5) is 30.6. The Hall–Kier alpha value is -3.39. The number of nitrogens with one attached hydrogen (secondary N) is 2. The van der Waals surface area contributed by atoms with Crippen LogP contribution in [0.2, 0.25) is 0 Å². The molecule has 2 N–H and O–H groups in total. The number of hydrogen-bond acceptors (Lipinski definition) is 5. The average Bonchev–Trinajstić information content (AvgIpc) is 3.14. The van der Waals surface area contributed by atoms with Crippen molar-refractivity contribution in [1.29, 1.82) is 0 Å². The van der Waals surface area contributed by atoms with E-state index in [0.29, 0.717) is 21.9 Å². The molecule has 0 unspecified atom stereocenters. The maximum atomic E-state index is 12.4. The van der Waals surface area contributed by atoms with Crippen LogP contribution in [0.15, 0.2) is 58.4 Å². The van der Waals surface area contributed by atoms with Crippen molar-refractivity contribution in [3.63, 3.8) is 0 Å². The molecule has 0 aliphatic heterocycles. The Balaban J connectivity index is 2.00. The lowest BCUT2D eigenvalue weighted by atomic mass is 10.0. The first-order valence-corrected chi connectivity index (χ1v) is 10.8. The van der Waals surface area contributed by atoms with Crippen LogP contribution in [0.25, 0.3) is 32.9 Å². The SMILES string of the molecule is CCOC(=O)c1c[nH]c2c(=O)[nH]c3ccc(-c4cccc(S(C)(=O)=O)c4)cc3c12. The monoisotopic (exact) mass is 410 g/mol. The molecule has 0 atom stereocenters. The van der Waals surface area contributed by atoms with Crippen LogP contribution in [-0.2, 0) is 14.6 Å². The van der Waals surface area contributed by atoms with Gasteiger partial charge in [0.15, 0.2) is 9.84 Å². The van der Waals surface area contributed by atoms with Gasteiger partial charge in [-0.2, -0.15) is 0 Å². The van der Waals surface area contributed by atoms with Crippen molar-refractivity contribution in [3.05, 3.63) is 64.6 Å². The van der Waals surface area contributed by atoms with Crippen molar-refractivity contribution < 1.29 is 17.9 Å². The number of ether oxygens (including phenoxy) is 1. The van der Waals surface area contributed by atoms with Gasteiger partial charge in [0.25, 0.3) is 5.56 Å². The van der Waals surface area contributed by atoms with Gasteiger partial charge < -0.3 is 14.7 Å². The summed E-state index contributed by atoms with van der Waals surface area (Å²) in [5.74, 6) is -0.518. The molecule has 4 aromatic rings. The van der Waals surface area contributed by atoms with Gasteiger partial charge in [-0.25, -0.2) is 13.2 Å². The van der Waals surface area contributed by atoms with Gasteiger partial charge in [-0.1, -0.05) is 18.2 Å². The topological polar surface area (TPSA) is 109 Å². The molecule has 0 aliphatic rings. The third-order valence-electron chi connectivity index (χ3n) is 4.74. The molecule has 4 rings (SSSR count). The fourth-order valence-corrected chi connectivity index (χ4v) is 4.05. The number of fused-ring (bicyclic) bond motifs is 3. The number of pyridine rings is 1. The molecular formula is C21H18N2O5S. The molecule has 0 radical (unpaired) electrons. The molecule has 0 bridgehead atoms. The summed E-state index contributed by atoms with van der Waals surface area (Å²) in [7, 11) is -3.35. The Morgan fingerprint density at radius 3 is 2.59 bits per heavy atom. The Morgan fingerprint density at radius 1 is 1.10 bits per heavy atom. The lowest BCUT2D eigenvalue weighted by Gasteiger charge is -2.08. The fourth-order valence-electron chi connectivity index (χ4n) is 3.38. The van der Waals surface area contributed by atoms with Crippen molar-refractivity contribution in [2.45, 2.75) is 11.8 Å². The quantitative estimate of drug-likeness (QED) is 0.502. The van der Waals surface area contributed by atoms with E-state index in [2.05, 4.69) is 9.97 Å². The molecule has 0 fully saturated rings. The third-order valence-corrected chi connectivity index (χ3v) is 5.85. The largest absolute Gasteiger partial charge is 0.462 e. The molecule has 0 amide bonds. The van der Waals surface area contributed by atoms with Crippen LogP contribution in [0.3, 0.4) is 0 Å². The van der Waals surface area contributed by atoms with E-state index >= 15 is 0 Å². The Bertz CT molecular complexity index is 1430. The second-order valence-electron chi connectivity index (χ2n) is 6.69. The van der Waals surface area contributed by atoms with E-state index < -0.39 is 15.8 Å². The molecule has 2 heterocycles. The summed E-state index contributed by atoms with van der Waals surface area (Å²) in [6, 6.07) is 12.0. The summed E-state index contributed by atoms with van der Waals surface area (Å²) in [5.41, 5.74) is 2.25. The van der Waals surface area contributed by atoms with Crippen LogP contribution >= 0.6 is 0 Å². The van der Waals surface area contributed by atoms with E-state index in [4.69, 9.17) is 4.74 Å². The highest BCUT2D eigenvalue weighted by molar-refractivity contribution is 7.90. The van der Waals surface area contributed by atoms with Gasteiger partial charge in [-0.3, -0.25) is 4.79 Å². The molecule has 148 valence electrons. The van der Waals surface area contributed by atoms with E-state index in [1.165, 1.54) is 6.20 Å². The summed E-state index contributed by atoms with van der Waals surface area (Å²) < 4.78 is 28.9. The summed E-state index contributed by atoms with van der Waals surface area (Å²) in [6.07, 6.45) is 2.63. The summed E-state index contributed by atoms with van der Waals surface area (Å²) >= 11 is 0. The molecule has 0 aliphatic carbocycles. The zero-order valence-corrected chi connectivity index (χ0v) is 16.6. The Morgan fingerprint density at radius 2 is 1.86 bits per heavy atom. The third kappa shape index (κ3) is 3.31. The maximum Gasteiger partial charge on any atom is 0.340 e. The number of aromatic nitrogens is 2. The van der Waals surface area contributed by atoms with E-state index in [1.807, 2.05) is 12.1 Å². The number of carbonyl (C=O) groups excluding carboxylic acids is 1. The van der Waals surface area contributed by atoms with Gasteiger partial charge in [-0.05, 0) is 42.3 Å². The predicted molar refractivity (Wildman–Crippen MR) is 111 cm³/mol. The second kappa shape index (κ2) is 6.89. The molecule has 0 saturated carbocycles. The molecule has 29 heavy (non-hydrogen) atoms. The number of sulfone groups is 1. The van der Waals surface area contributed by atoms with Crippen LogP contribution < -0.4 is 5.56 Å². The van der Waals surface area contributed by atoms with Gasteiger partial charge in [-0.15, -0.1) is 0 Å². The molecule has 0 spiro atoms. The van der Waals surface area contributed by atoms with E-state index in [-0.39, 0.29) is 28.1 Å². The summed E-state index contributed by atoms with van der Waals surface area (Å²) in [5, 5.41) is 1.13. The predicted octanol–water partition coefficient (Wildman–Crippen LogP) is 3.26. The number of carbonyl (C=O) groups is 1. The van der Waals surface area contributed by atoms with Crippen LogP contribution in [0.5, 0.6) is 0 Å². The number of rotatable bonds is 4. The molecule has 0 saturated heterocycles. The Kier molecular flexibility index (Phi) is 4.50. The normalized spacial score (nSPS) is 11.8. The van der Waals surface area contributed by atoms with Gasteiger partial charge in [0.2, 0.25) is 0 Å². The first-order chi connectivity index (χ1) is 13.8. The van der Waals surface area contributed by atoms with Crippen LogP contribution in [-0.4, -0.2) is 37.2 Å². The smallest absolute Gasteiger partial charge is 0.340 e. The van der Waals surface area contributed by atoms with Crippen molar-refractivity contribution >= 4 is 37.6 Å². The van der Waals surface area contributed by atoms with Crippen molar-refractivity contribution in [2.75, 3.05) is 12.9 Å². The van der Waals surface area contributed by atoms with Crippen LogP contribution in [0, 0.1) is 0 Å². The minimum absolute atomic E-state index is 0.218. The van der Waals surface area contributed by atoms with Crippen LogP contribution in [0.1, 0.15) is 17.3 Å². The van der Waals surface area contributed by atoms with Gasteiger partial charge >= 0.3 is 5.97 Å². The van der Waals surface area contributed by atoms with Crippen molar-refractivity contribution in [1.82, 2.24) is 9.97 Å². The maximum absolute atomic E-state index is 12.4. The highest BCUT2D eigenvalue weighted by Crippen LogP contribution is 2.30. The lowest BCUT2D eigenvalue weighted by molar-refractivity contribution is 0.0529. The first kappa shape index (κ1) is 18.9. The number of benzene rings is 2. The standard InChI is InChI=1S/C21H18N2O5S/c1-3-28-21(25)16-11-22-19-18(16)15-10-13(7-8-17(15)23-20(19)24)12-5-4-6-14(9-12)29(2,26)27/h4-11,22H,3H2,1-2H3,(H,23,24). The molecular weight excluding hydrogens is 392 g/mol. The van der Waals surface area contributed by atoms with Gasteiger partial charge in [0.1, 0.15) is 5.52 Å². The zero-order chi connectivity index (χ0) is 20.8. The average molecular weight is 410 g/mol. The number of hydrogen-bond donors (Lipinski definition) is 2. The highest BCUT2D eigenvalue weighted by atomic mass is 32.2. The minimum atomic E-state index is -3.35.